The molecule has 0 saturated carbocycles. The van der Waals surface area contributed by atoms with E-state index in [1.807, 2.05) is 0 Å². The SMILES string of the molecule is CC1=CCC(C)(C(C)C)C=C1N=C(C)C(C)C. The molecule has 0 bridgehead atoms. The molecule has 0 fully saturated rings. The van der Waals surface area contributed by atoms with Crippen LogP contribution in [-0.2, 0) is 0 Å². The molecule has 17 heavy (non-hydrogen) atoms. The van der Waals surface area contributed by atoms with E-state index in [-0.39, 0.29) is 5.41 Å². The first-order valence-electron chi connectivity index (χ1n) is 6.71. The molecule has 0 aromatic heterocycles. The van der Waals surface area contributed by atoms with Crippen LogP contribution in [0.5, 0.6) is 0 Å². The van der Waals surface area contributed by atoms with Crippen LogP contribution in [0.4, 0.5) is 0 Å². The summed E-state index contributed by atoms with van der Waals surface area (Å²) in [6.45, 7) is 15.6. The highest BCUT2D eigenvalue weighted by molar-refractivity contribution is 5.85. The minimum absolute atomic E-state index is 0.260. The minimum atomic E-state index is 0.260. The van der Waals surface area contributed by atoms with E-state index in [0.717, 1.165) is 6.42 Å². The molecule has 0 N–H and O–H groups in total. The molecule has 1 heteroatoms. The zero-order valence-corrected chi connectivity index (χ0v) is 12.5. The minimum Gasteiger partial charge on any atom is -0.258 e. The van der Waals surface area contributed by atoms with Gasteiger partial charge in [0, 0.05) is 5.71 Å². The van der Waals surface area contributed by atoms with Crippen LogP contribution in [0, 0.1) is 17.3 Å². The number of nitrogens with zero attached hydrogens (tertiary/aromatic N) is 1. The Balaban J connectivity index is 3.07. The Labute approximate surface area is 107 Å². The van der Waals surface area contributed by atoms with Gasteiger partial charge in [0.2, 0.25) is 0 Å². The molecular weight excluding hydrogens is 206 g/mol. The van der Waals surface area contributed by atoms with E-state index in [1.54, 1.807) is 0 Å². The second-order valence-corrected chi connectivity index (χ2v) is 6.19. The molecular formula is C16H27N. The van der Waals surface area contributed by atoms with E-state index in [9.17, 15) is 0 Å². The lowest BCUT2D eigenvalue weighted by Crippen LogP contribution is -2.23. The Morgan fingerprint density at radius 2 is 1.88 bits per heavy atom. The topological polar surface area (TPSA) is 12.4 Å². The summed E-state index contributed by atoms with van der Waals surface area (Å²) in [5, 5.41) is 0. The van der Waals surface area contributed by atoms with Crippen molar-refractivity contribution in [2.24, 2.45) is 22.2 Å². The van der Waals surface area contributed by atoms with Crippen molar-refractivity contribution >= 4 is 5.71 Å². The largest absolute Gasteiger partial charge is 0.258 e. The Morgan fingerprint density at radius 1 is 1.29 bits per heavy atom. The zero-order valence-electron chi connectivity index (χ0n) is 12.5. The summed E-state index contributed by atoms with van der Waals surface area (Å²) in [5.41, 5.74) is 3.98. The van der Waals surface area contributed by atoms with Gasteiger partial charge in [0.05, 0.1) is 5.70 Å². The summed E-state index contributed by atoms with van der Waals surface area (Å²) in [6.07, 6.45) is 5.85. The third kappa shape index (κ3) is 3.31. The smallest absolute Gasteiger partial charge is 0.0620 e. The predicted molar refractivity (Wildman–Crippen MR) is 77.3 cm³/mol. The molecule has 0 heterocycles. The zero-order chi connectivity index (χ0) is 13.2. The Hall–Kier alpha value is -0.850. The van der Waals surface area contributed by atoms with Crippen LogP contribution >= 0.6 is 0 Å². The second kappa shape index (κ2) is 5.20. The van der Waals surface area contributed by atoms with Crippen molar-refractivity contribution in [2.75, 3.05) is 0 Å². The van der Waals surface area contributed by atoms with Crippen LogP contribution in [0.3, 0.4) is 0 Å². The molecule has 0 radical (unpaired) electrons. The van der Waals surface area contributed by atoms with Crippen LogP contribution in [0.1, 0.15) is 54.9 Å². The van der Waals surface area contributed by atoms with Gasteiger partial charge in [-0.1, -0.05) is 46.8 Å². The summed E-state index contributed by atoms with van der Waals surface area (Å²) >= 11 is 0. The van der Waals surface area contributed by atoms with Crippen LogP contribution in [0.15, 0.2) is 28.4 Å². The first kappa shape index (κ1) is 14.2. The maximum Gasteiger partial charge on any atom is 0.0620 e. The number of rotatable bonds is 3. The van der Waals surface area contributed by atoms with Crippen molar-refractivity contribution in [3.63, 3.8) is 0 Å². The van der Waals surface area contributed by atoms with Gasteiger partial charge in [-0.25, -0.2) is 0 Å². The van der Waals surface area contributed by atoms with Gasteiger partial charge < -0.3 is 0 Å². The Morgan fingerprint density at radius 3 is 2.35 bits per heavy atom. The lowest BCUT2D eigenvalue weighted by Gasteiger charge is -2.33. The third-order valence-electron chi connectivity index (χ3n) is 4.17. The average Bonchev–Trinajstić information content (AvgIpc) is 2.23. The van der Waals surface area contributed by atoms with Crippen molar-refractivity contribution in [3.05, 3.63) is 23.4 Å². The van der Waals surface area contributed by atoms with E-state index in [1.165, 1.54) is 17.0 Å². The molecule has 1 atom stereocenters. The average molecular weight is 233 g/mol. The van der Waals surface area contributed by atoms with E-state index in [0.29, 0.717) is 11.8 Å². The summed E-state index contributed by atoms with van der Waals surface area (Å²) in [6, 6.07) is 0. The molecule has 1 unspecified atom stereocenters. The van der Waals surface area contributed by atoms with Gasteiger partial charge in [0.1, 0.15) is 0 Å². The number of allylic oxidation sites excluding steroid dienone is 3. The Kier molecular flexibility index (Phi) is 4.35. The fourth-order valence-corrected chi connectivity index (χ4v) is 1.80. The summed E-state index contributed by atoms with van der Waals surface area (Å²) in [7, 11) is 0. The fraction of sp³-hybridized carbons (Fsp3) is 0.688. The third-order valence-corrected chi connectivity index (χ3v) is 4.17. The van der Waals surface area contributed by atoms with Gasteiger partial charge in [-0.3, -0.25) is 4.99 Å². The van der Waals surface area contributed by atoms with Gasteiger partial charge in [0.15, 0.2) is 0 Å². The quantitative estimate of drug-likeness (QED) is 0.608. The van der Waals surface area contributed by atoms with Crippen molar-refractivity contribution in [2.45, 2.75) is 54.9 Å². The summed E-state index contributed by atoms with van der Waals surface area (Å²) in [4.78, 5) is 4.80. The van der Waals surface area contributed by atoms with Crippen LogP contribution < -0.4 is 0 Å². The number of hydrogen-bond acceptors (Lipinski definition) is 1. The standard InChI is InChI=1S/C16H27N/c1-11(2)14(6)17-15-10-16(7,12(3)4)9-8-13(15)5/h8,10-12H,9H2,1-7H3. The molecule has 0 amide bonds. The van der Waals surface area contributed by atoms with E-state index < -0.39 is 0 Å². The van der Waals surface area contributed by atoms with Gasteiger partial charge >= 0.3 is 0 Å². The van der Waals surface area contributed by atoms with E-state index in [4.69, 9.17) is 4.99 Å². The fourth-order valence-electron chi connectivity index (χ4n) is 1.80. The van der Waals surface area contributed by atoms with Crippen LogP contribution in [0.2, 0.25) is 0 Å². The van der Waals surface area contributed by atoms with Gasteiger partial charge in [-0.2, -0.15) is 0 Å². The van der Waals surface area contributed by atoms with Crippen LogP contribution in [-0.4, -0.2) is 5.71 Å². The highest BCUT2D eigenvalue weighted by Crippen LogP contribution is 2.39. The number of aliphatic imine (C=N–C) groups is 1. The molecule has 0 spiro atoms. The lowest BCUT2D eigenvalue weighted by molar-refractivity contribution is 0.296. The molecule has 1 aliphatic rings. The van der Waals surface area contributed by atoms with Crippen molar-refractivity contribution in [1.82, 2.24) is 0 Å². The predicted octanol–water partition coefficient (Wildman–Crippen LogP) is 5.00. The summed E-state index contributed by atoms with van der Waals surface area (Å²) < 4.78 is 0. The molecule has 0 aromatic carbocycles. The molecule has 1 aliphatic carbocycles. The van der Waals surface area contributed by atoms with Crippen LogP contribution in [0.25, 0.3) is 0 Å². The maximum atomic E-state index is 4.80. The lowest BCUT2D eigenvalue weighted by atomic mass is 9.73. The monoisotopic (exact) mass is 233 g/mol. The van der Waals surface area contributed by atoms with Crippen molar-refractivity contribution < 1.29 is 0 Å². The first-order chi connectivity index (χ1) is 7.76. The molecule has 0 aromatic rings. The second-order valence-electron chi connectivity index (χ2n) is 6.19. The first-order valence-corrected chi connectivity index (χ1v) is 6.71. The maximum absolute atomic E-state index is 4.80. The highest BCUT2D eigenvalue weighted by atomic mass is 14.8. The van der Waals surface area contributed by atoms with Gasteiger partial charge in [-0.15, -0.1) is 0 Å². The number of hydrogen-bond donors (Lipinski definition) is 0. The summed E-state index contributed by atoms with van der Waals surface area (Å²) in [5.74, 6) is 1.17. The molecule has 1 nitrogen and oxygen atoms in total. The van der Waals surface area contributed by atoms with Crippen molar-refractivity contribution in [3.8, 4) is 0 Å². The Bertz CT molecular complexity index is 369. The molecule has 96 valence electrons. The van der Waals surface area contributed by atoms with E-state index in [2.05, 4.69) is 60.6 Å². The van der Waals surface area contributed by atoms with Crippen molar-refractivity contribution in [1.29, 1.82) is 0 Å². The molecule has 1 rings (SSSR count). The highest BCUT2D eigenvalue weighted by Gasteiger charge is 2.28. The van der Waals surface area contributed by atoms with Gasteiger partial charge in [0.25, 0.3) is 0 Å². The van der Waals surface area contributed by atoms with Gasteiger partial charge in [-0.05, 0) is 43.1 Å². The molecule has 0 aliphatic heterocycles. The normalized spacial score (nSPS) is 26.3. The molecule has 0 saturated heterocycles. The van der Waals surface area contributed by atoms with E-state index >= 15 is 0 Å².